The molecule has 0 spiro atoms. The SMILES string of the molecule is NCC1(CC(=O)NCc2ccc(S(N)(=O)=O)s2)CCCCC1. The molecule has 124 valence electrons. The zero-order valence-corrected chi connectivity index (χ0v) is 14.1. The summed E-state index contributed by atoms with van der Waals surface area (Å²) in [6.45, 7) is 0.856. The van der Waals surface area contributed by atoms with E-state index in [1.54, 1.807) is 6.07 Å². The van der Waals surface area contributed by atoms with Gasteiger partial charge >= 0.3 is 0 Å². The second-order valence-corrected chi connectivity index (χ2v) is 8.94. The van der Waals surface area contributed by atoms with Crippen molar-refractivity contribution in [1.29, 1.82) is 0 Å². The fourth-order valence-electron chi connectivity index (χ4n) is 2.95. The van der Waals surface area contributed by atoms with Crippen LogP contribution >= 0.6 is 11.3 Å². The minimum Gasteiger partial charge on any atom is -0.351 e. The number of amides is 1. The predicted molar refractivity (Wildman–Crippen MR) is 86.7 cm³/mol. The minimum absolute atomic E-state index is 0.0297. The van der Waals surface area contributed by atoms with E-state index in [0.29, 0.717) is 19.5 Å². The standard InChI is InChI=1S/C14H23N3O3S2/c15-10-14(6-2-1-3-7-14)8-12(18)17-9-11-4-5-13(21-11)22(16,19)20/h4-5H,1-3,6-10,15H2,(H,17,18)(H2,16,19,20). The zero-order chi connectivity index (χ0) is 16.2. The van der Waals surface area contributed by atoms with Gasteiger partial charge in [-0.05, 0) is 36.9 Å². The first-order valence-corrected chi connectivity index (χ1v) is 9.79. The summed E-state index contributed by atoms with van der Waals surface area (Å²) in [6, 6.07) is 3.13. The molecular weight excluding hydrogens is 322 g/mol. The van der Waals surface area contributed by atoms with E-state index in [0.717, 1.165) is 41.9 Å². The Hall–Kier alpha value is -0.960. The number of hydrogen-bond donors (Lipinski definition) is 3. The Morgan fingerprint density at radius 2 is 1.95 bits per heavy atom. The van der Waals surface area contributed by atoms with Crippen LogP contribution in [0.15, 0.2) is 16.3 Å². The molecule has 1 saturated carbocycles. The Labute approximate surface area is 135 Å². The van der Waals surface area contributed by atoms with Crippen LogP contribution < -0.4 is 16.2 Å². The first-order valence-electron chi connectivity index (χ1n) is 7.43. The smallest absolute Gasteiger partial charge is 0.247 e. The van der Waals surface area contributed by atoms with Gasteiger partial charge in [-0.25, -0.2) is 13.6 Å². The minimum atomic E-state index is -3.67. The van der Waals surface area contributed by atoms with Crippen LogP contribution in [-0.2, 0) is 21.4 Å². The molecule has 1 amide bonds. The highest BCUT2D eigenvalue weighted by Gasteiger charge is 2.32. The van der Waals surface area contributed by atoms with Gasteiger partial charge in [0.05, 0.1) is 6.54 Å². The highest BCUT2D eigenvalue weighted by atomic mass is 32.2. The van der Waals surface area contributed by atoms with Crippen molar-refractivity contribution in [3.63, 3.8) is 0 Å². The number of primary sulfonamides is 1. The molecule has 1 fully saturated rings. The number of nitrogens with one attached hydrogen (secondary N) is 1. The predicted octanol–water partition coefficient (Wildman–Crippen LogP) is 1.31. The Bertz CT molecular complexity index is 619. The lowest BCUT2D eigenvalue weighted by atomic mass is 9.71. The zero-order valence-electron chi connectivity index (χ0n) is 12.5. The van der Waals surface area contributed by atoms with Crippen LogP contribution in [0, 0.1) is 5.41 Å². The third kappa shape index (κ3) is 4.52. The molecule has 0 aromatic carbocycles. The number of carbonyl (C=O) groups excluding carboxylic acids is 1. The van der Waals surface area contributed by atoms with Crippen molar-refractivity contribution in [2.75, 3.05) is 6.54 Å². The molecule has 6 nitrogen and oxygen atoms in total. The van der Waals surface area contributed by atoms with Crippen LogP contribution in [-0.4, -0.2) is 20.9 Å². The summed E-state index contributed by atoms with van der Waals surface area (Å²) >= 11 is 1.08. The summed E-state index contributed by atoms with van der Waals surface area (Å²) in [4.78, 5) is 12.9. The molecule has 0 aliphatic heterocycles. The van der Waals surface area contributed by atoms with Crippen LogP contribution in [0.4, 0.5) is 0 Å². The van der Waals surface area contributed by atoms with Crippen molar-refractivity contribution in [2.45, 2.75) is 49.3 Å². The maximum Gasteiger partial charge on any atom is 0.247 e. The first-order chi connectivity index (χ1) is 10.3. The van der Waals surface area contributed by atoms with E-state index in [2.05, 4.69) is 5.32 Å². The van der Waals surface area contributed by atoms with Gasteiger partial charge in [0.25, 0.3) is 0 Å². The topological polar surface area (TPSA) is 115 Å². The number of thiophene rings is 1. The molecule has 2 rings (SSSR count). The third-order valence-electron chi connectivity index (χ3n) is 4.26. The lowest BCUT2D eigenvalue weighted by Gasteiger charge is -2.35. The molecule has 8 heteroatoms. The first kappa shape index (κ1) is 17.4. The summed E-state index contributed by atoms with van der Waals surface area (Å²) in [5.41, 5.74) is 5.82. The second kappa shape index (κ2) is 7.08. The van der Waals surface area contributed by atoms with Gasteiger partial charge in [0.1, 0.15) is 4.21 Å². The maximum absolute atomic E-state index is 12.1. The number of hydrogen-bond acceptors (Lipinski definition) is 5. The highest BCUT2D eigenvalue weighted by Crippen LogP contribution is 2.38. The van der Waals surface area contributed by atoms with Gasteiger partial charge in [-0.2, -0.15) is 0 Å². The van der Waals surface area contributed by atoms with Crippen molar-refractivity contribution >= 4 is 27.3 Å². The largest absolute Gasteiger partial charge is 0.351 e. The van der Waals surface area contributed by atoms with Gasteiger partial charge in [-0.1, -0.05) is 19.3 Å². The number of sulfonamides is 1. The van der Waals surface area contributed by atoms with Gasteiger partial charge < -0.3 is 11.1 Å². The van der Waals surface area contributed by atoms with Crippen LogP contribution in [0.5, 0.6) is 0 Å². The average Bonchev–Trinajstić information content (AvgIpc) is 2.95. The van der Waals surface area contributed by atoms with E-state index in [4.69, 9.17) is 10.9 Å². The van der Waals surface area contributed by atoms with E-state index >= 15 is 0 Å². The Kier molecular flexibility index (Phi) is 5.60. The fourth-order valence-corrected chi connectivity index (χ4v) is 4.67. The highest BCUT2D eigenvalue weighted by molar-refractivity contribution is 7.91. The number of carbonyl (C=O) groups is 1. The summed E-state index contributed by atoms with van der Waals surface area (Å²) in [5.74, 6) is -0.0297. The van der Waals surface area contributed by atoms with Crippen molar-refractivity contribution in [3.8, 4) is 0 Å². The fraction of sp³-hybridized carbons (Fsp3) is 0.643. The molecule has 1 heterocycles. The molecule has 0 radical (unpaired) electrons. The van der Waals surface area contributed by atoms with Gasteiger partial charge in [-0.3, -0.25) is 4.79 Å². The van der Waals surface area contributed by atoms with E-state index in [1.165, 1.54) is 12.5 Å². The molecule has 22 heavy (non-hydrogen) atoms. The molecule has 1 aromatic heterocycles. The molecule has 5 N–H and O–H groups in total. The molecule has 1 aliphatic rings. The van der Waals surface area contributed by atoms with Crippen molar-refractivity contribution in [1.82, 2.24) is 5.32 Å². The third-order valence-corrected chi connectivity index (χ3v) is 6.78. The van der Waals surface area contributed by atoms with Gasteiger partial charge in [0, 0.05) is 11.3 Å². The van der Waals surface area contributed by atoms with Gasteiger partial charge in [0.2, 0.25) is 15.9 Å². The molecule has 1 aliphatic carbocycles. The van der Waals surface area contributed by atoms with E-state index in [9.17, 15) is 13.2 Å². The lowest BCUT2D eigenvalue weighted by Crippen LogP contribution is -2.38. The average molecular weight is 345 g/mol. The normalized spacial score (nSPS) is 18.1. The summed E-state index contributed by atoms with van der Waals surface area (Å²) in [7, 11) is -3.67. The summed E-state index contributed by atoms with van der Waals surface area (Å²) in [5, 5.41) is 7.92. The monoisotopic (exact) mass is 345 g/mol. The van der Waals surface area contributed by atoms with Crippen molar-refractivity contribution in [3.05, 3.63) is 17.0 Å². The summed E-state index contributed by atoms with van der Waals surface area (Å²) in [6.07, 6.45) is 5.93. The van der Waals surface area contributed by atoms with Crippen LogP contribution in [0.2, 0.25) is 0 Å². The number of nitrogens with two attached hydrogens (primary N) is 2. The molecule has 0 atom stereocenters. The molecule has 0 bridgehead atoms. The van der Waals surface area contributed by atoms with Crippen LogP contribution in [0.25, 0.3) is 0 Å². The van der Waals surface area contributed by atoms with E-state index in [-0.39, 0.29) is 15.5 Å². The summed E-state index contributed by atoms with van der Waals surface area (Å²) < 4.78 is 22.5. The maximum atomic E-state index is 12.1. The van der Waals surface area contributed by atoms with Gasteiger partial charge in [0.15, 0.2) is 0 Å². The Morgan fingerprint density at radius 3 is 2.50 bits per heavy atom. The molecule has 0 saturated heterocycles. The van der Waals surface area contributed by atoms with Crippen molar-refractivity contribution < 1.29 is 13.2 Å². The Balaban J connectivity index is 1.88. The second-order valence-electron chi connectivity index (χ2n) is 5.98. The van der Waals surface area contributed by atoms with Crippen LogP contribution in [0.3, 0.4) is 0 Å². The van der Waals surface area contributed by atoms with E-state index < -0.39 is 10.0 Å². The molecule has 0 unspecified atom stereocenters. The molecular formula is C14H23N3O3S2. The quantitative estimate of drug-likeness (QED) is 0.721. The van der Waals surface area contributed by atoms with Gasteiger partial charge in [-0.15, -0.1) is 11.3 Å². The van der Waals surface area contributed by atoms with Crippen LogP contribution in [0.1, 0.15) is 43.4 Å². The van der Waals surface area contributed by atoms with Crippen molar-refractivity contribution in [2.24, 2.45) is 16.3 Å². The number of rotatable bonds is 6. The van der Waals surface area contributed by atoms with E-state index in [1.807, 2.05) is 0 Å². The Morgan fingerprint density at radius 1 is 1.27 bits per heavy atom. The lowest BCUT2D eigenvalue weighted by molar-refractivity contribution is -0.124. The molecule has 1 aromatic rings.